The third kappa shape index (κ3) is 4.34. The number of H-pyrrole nitrogens is 1. The smallest absolute Gasteiger partial charge is 0.233 e. The van der Waals surface area contributed by atoms with Crippen LogP contribution in [0.15, 0.2) is 29.4 Å². The second-order valence-corrected chi connectivity index (χ2v) is 7.07. The zero-order valence-corrected chi connectivity index (χ0v) is 15.5. The summed E-state index contributed by atoms with van der Waals surface area (Å²) < 4.78 is 5.16. The van der Waals surface area contributed by atoms with Crippen molar-refractivity contribution in [1.29, 1.82) is 0 Å². The molecule has 1 aliphatic heterocycles. The molecule has 1 atom stereocenters. The van der Waals surface area contributed by atoms with Crippen molar-refractivity contribution in [3.63, 3.8) is 0 Å². The third-order valence-corrected chi connectivity index (χ3v) is 5.40. The van der Waals surface area contributed by atoms with Gasteiger partial charge in [-0.1, -0.05) is 18.7 Å². The van der Waals surface area contributed by atoms with Crippen LogP contribution in [0.25, 0.3) is 11.4 Å². The zero-order valence-electron chi connectivity index (χ0n) is 14.7. The van der Waals surface area contributed by atoms with E-state index in [9.17, 15) is 4.79 Å². The summed E-state index contributed by atoms with van der Waals surface area (Å²) in [6, 6.07) is 8.02. The highest BCUT2D eigenvalue weighted by molar-refractivity contribution is 7.99. The Morgan fingerprint density at radius 3 is 2.88 bits per heavy atom. The number of aromatic nitrogens is 3. The van der Waals surface area contributed by atoms with E-state index in [0.717, 1.165) is 37.1 Å². The maximum absolute atomic E-state index is 12.5. The summed E-state index contributed by atoms with van der Waals surface area (Å²) in [5.41, 5.74) is 0.938. The standard InChI is InChI=1S/C18H24N4O2S/c1-3-14-6-4-5-11-22(14)16(23)12-25-18-19-17(20-21-18)13-7-9-15(24-2)10-8-13/h7-10,14H,3-6,11-12H2,1-2H3,(H,19,20,21)/t14-/m1/s1. The maximum atomic E-state index is 12.5. The van der Waals surface area contributed by atoms with Crippen LogP contribution >= 0.6 is 11.8 Å². The molecule has 3 rings (SSSR count). The highest BCUT2D eigenvalue weighted by atomic mass is 32.2. The Balaban J connectivity index is 1.58. The average Bonchev–Trinajstić information content (AvgIpc) is 3.15. The molecule has 1 N–H and O–H groups in total. The number of amides is 1. The summed E-state index contributed by atoms with van der Waals surface area (Å²) in [7, 11) is 1.64. The second-order valence-electron chi connectivity index (χ2n) is 6.13. The third-order valence-electron chi connectivity index (χ3n) is 4.57. The lowest BCUT2D eigenvalue weighted by Gasteiger charge is -2.35. The van der Waals surface area contributed by atoms with Crippen LogP contribution in [0.3, 0.4) is 0 Å². The first-order valence-electron chi connectivity index (χ1n) is 8.70. The maximum Gasteiger partial charge on any atom is 0.233 e. The van der Waals surface area contributed by atoms with Crippen LogP contribution in [0.2, 0.25) is 0 Å². The van der Waals surface area contributed by atoms with Gasteiger partial charge in [-0.25, -0.2) is 4.98 Å². The van der Waals surface area contributed by atoms with Crippen molar-refractivity contribution in [2.45, 2.75) is 43.8 Å². The first-order chi connectivity index (χ1) is 12.2. The first-order valence-corrected chi connectivity index (χ1v) is 9.69. The van der Waals surface area contributed by atoms with Crippen molar-refractivity contribution in [3.8, 4) is 17.1 Å². The van der Waals surface area contributed by atoms with Crippen LogP contribution in [0, 0.1) is 0 Å². The largest absolute Gasteiger partial charge is 0.497 e. The van der Waals surface area contributed by atoms with E-state index >= 15 is 0 Å². The van der Waals surface area contributed by atoms with E-state index in [1.165, 1.54) is 18.2 Å². The van der Waals surface area contributed by atoms with Crippen LogP contribution in [-0.2, 0) is 4.79 Å². The molecule has 0 unspecified atom stereocenters. The normalized spacial score (nSPS) is 17.5. The molecule has 6 nitrogen and oxygen atoms in total. The van der Waals surface area contributed by atoms with E-state index in [4.69, 9.17) is 4.74 Å². The minimum atomic E-state index is 0.187. The fraction of sp³-hybridized carbons (Fsp3) is 0.500. The van der Waals surface area contributed by atoms with Gasteiger partial charge in [0.25, 0.3) is 0 Å². The number of nitrogens with zero attached hydrogens (tertiary/aromatic N) is 3. The number of nitrogens with one attached hydrogen (secondary N) is 1. The number of aromatic amines is 1. The topological polar surface area (TPSA) is 71.1 Å². The fourth-order valence-electron chi connectivity index (χ4n) is 3.15. The molecule has 25 heavy (non-hydrogen) atoms. The minimum Gasteiger partial charge on any atom is -0.497 e. The number of methoxy groups -OCH3 is 1. The monoisotopic (exact) mass is 360 g/mol. The Labute approximate surface area is 152 Å². The van der Waals surface area contributed by atoms with E-state index in [2.05, 4.69) is 22.1 Å². The van der Waals surface area contributed by atoms with Crippen molar-refractivity contribution in [2.24, 2.45) is 0 Å². The number of hydrogen-bond donors (Lipinski definition) is 1. The summed E-state index contributed by atoms with van der Waals surface area (Å²) >= 11 is 1.39. The highest BCUT2D eigenvalue weighted by Crippen LogP contribution is 2.24. The Morgan fingerprint density at radius 2 is 2.16 bits per heavy atom. The average molecular weight is 360 g/mol. The van der Waals surface area contributed by atoms with Crippen molar-refractivity contribution in [1.82, 2.24) is 20.1 Å². The number of thioether (sulfide) groups is 1. The molecule has 1 amide bonds. The van der Waals surface area contributed by atoms with E-state index in [1.54, 1.807) is 7.11 Å². The lowest BCUT2D eigenvalue weighted by Crippen LogP contribution is -2.44. The van der Waals surface area contributed by atoms with Gasteiger partial charge in [-0.15, -0.1) is 5.10 Å². The van der Waals surface area contributed by atoms with Gasteiger partial charge in [0.15, 0.2) is 5.82 Å². The van der Waals surface area contributed by atoms with Crippen molar-refractivity contribution >= 4 is 17.7 Å². The molecule has 1 fully saturated rings. The molecule has 0 aliphatic carbocycles. The van der Waals surface area contributed by atoms with Crippen LogP contribution in [0.1, 0.15) is 32.6 Å². The van der Waals surface area contributed by atoms with E-state index in [-0.39, 0.29) is 5.91 Å². The Hall–Kier alpha value is -2.02. The van der Waals surface area contributed by atoms with Crippen LogP contribution < -0.4 is 4.74 Å². The summed E-state index contributed by atoms with van der Waals surface area (Å²) in [5.74, 6) is 2.07. The van der Waals surface area contributed by atoms with Gasteiger partial charge in [0.2, 0.25) is 11.1 Å². The molecule has 1 saturated heterocycles. The highest BCUT2D eigenvalue weighted by Gasteiger charge is 2.25. The van der Waals surface area contributed by atoms with Gasteiger partial charge in [-0.05, 0) is 49.9 Å². The van der Waals surface area contributed by atoms with Gasteiger partial charge in [-0.3, -0.25) is 9.89 Å². The number of rotatable bonds is 6. The molecule has 134 valence electrons. The molecule has 1 aromatic heterocycles. The molecule has 7 heteroatoms. The van der Waals surface area contributed by atoms with Crippen LogP contribution in [-0.4, -0.2) is 51.4 Å². The number of carbonyl (C=O) groups is 1. The molecule has 2 heterocycles. The summed E-state index contributed by atoms with van der Waals surface area (Å²) in [6.07, 6.45) is 4.48. The second kappa shape index (κ2) is 8.38. The number of ether oxygens (including phenoxy) is 1. The quantitative estimate of drug-likeness (QED) is 0.800. The van der Waals surface area contributed by atoms with E-state index in [1.807, 2.05) is 29.2 Å². The Bertz CT molecular complexity index is 701. The molecular formula is C18H24N4O2S. The number of benzene rings is 1. The molecular weight excluding hydrogens is 336 g/mol. The van der Waals surface area contributed by atoms with Gasteiger partial charge >= 0.3 is 0 Å². The molecule has 0 saturated carbocycles. The lowest BCUT2D eigenvalue weighted by molar-refractivity contribution is -0.132. The molecule has 2 aromatic rings. The first kappa shape index (κ1) is 17.8. The van der Waals surface area contributed by atoms with Gasteiger partial charge in [-0.2, -0.15) is 0 Å². The van der Waals surface area contributed by atoms with Gasteiger partial charge in [0.1, 0.15) is 5.75 Å². The van der Waals surface area contributed by atoms with Gasteiger partial charge in [0.05, 0.1) is 12.9 Å². The van der Waals surface area contributed by atoms with Crippen molar-refractivity contribution in [2.75, 3.05) is 19.4 Å². The Morgan fingerprint density at radius 1 is 1.36 bits per heavy atom. The zero-order chi connectivity index (χ0) is 17.6. The summed E-state index contributed by atoms with van der Waals surface area (Å²) in [6.45, 7) is 3.03. The van der Waals surface area contributed by atoms with Gasteiger partial charge in [0, 0.05) is 18.2 Å². The van der Waals surface area contributed by atoms with E-state index in [0.29, 0.717) is 22.8 Å². The molecule has 0 spiro atoms. The predicted octanol–water partition coefficient (Wildman–Crippen LogP) is 3.36. The molecule has 0 bridgehead atoms. The molecule has 0 radical (unpaired) electrons. The van der Waals surface area contributed by atoms with Crippen molar-refractivity contribution in [3.05, 3.63) is 24.3 Å². The number of likely N-dealkylation sites (tertiary alicyclic amines) is 1. The van der Waals surface area contributed by atoms with Crippen molar-refractivity contribution < 1.29 is 9.53 Å². The van der Waals surface area contributed by atoms with Crippen LogP contribution in [0.4, 0.5) is 0 Å². The lowest BCUT2D eigenvalue weighted by atomic mass is 10.0. The fourth-order valence-corrected chi connectivity index (χ4v) is 3.84. The number of hydrogen-bond acceptors (Lipinski definition) is 5. The molecule has 1 aromatic carbocycles. The summed E-state index contributed by atoms with van der Waals surface area (Å²) in [5, 5.41) is 7.75. The predicted molar refractivity (Wildman–Crippen MR) is 98.7 cm³/mol. The van der Waals surface area contributed by atoms with Gasteiger partial charge < -0.3 is 9.64 Å². The minimum absolute atomic E-state index is 0.187. The number of piperidine rings is 1. The number of carbonyl (C=O) groups excluding carboxylic acids is 1. The Kier molecular flexibility index (Phi) is 5.96. The molecule has 1 aliphatic rings. The SMILES string of the molecule is CC[C@@H]1CCCCN1C(=O)CSc1n[nH]c(-c2ccc(OC)cc2)n1. The van der Waals surface area contributed by atoms with Crippen LogP contribution in [0.5, 0.6) is 5.75 Å². The summed E-state index contributed by atoms with van der Waals surface area (Å²) in [4.78, 5) is 19.0. The van der Waals surface area contributed by atoms with E-state index < -0.39 is 0 Å².